The molecule has 14 heavy (non-hydrogen) atoms. The molecule has 0 aliphatic carbocycles. The number of rotatable bonds is 4. The van der Waals surface area contributed by atoms with E-state index in [0.717, 1.165) is 0 Å². The monoisotopic (exact) mass is 221 g/mol. The van der Waals surface area contributed by atoms with Crippen LogP contribution in [0, 0.1) is 0 Å². The van der Waals surface area contributed by atoms with E-state index in [1.54, 1.807) is 12.1 Å². The normalized spacial score (nSPS) is 13.2. The lowest BCUT2D eigenvalue weighted by Crippen LogP contribution is -2.26. The zero-order valence-corrected chi connectivity index (χ0v) is 8.26. The molecule has 0 saturated heterocycles. The van der Waals surface area contributed by atoms with Crippen LogP contribution in [0.25, 0.3) is 0 Å². The van der Waals surface area contributed by atoms with Crippen molar-refractivity contribution in [3.8, 4) is 0 Å². The number of halogens is 3. The molecule has 0 bridgehead atoms. The Labute approximate surface area is 85.8 Å². The lowest BCUT2D eigenvalue weighted by atomic mass is 10.1. The fourth-order valence-corrected chi connectivity index (χ4v) is 1.19. The number of hydrogen-bond acceptors (Lipinski definition) is 2. The first-order valence-electron chi connectivity index (χ1n) is 3.97. The van der Waals surface area contributed by atoms with E-state index < -0.39 is 12.5 Å². The van der Waals surface area contributed by atoms with Crippen LogP contribution in [0.2, 0.25) is 5.02 Å². The zero-order valence-electron chi connectivity index (χ0n) is 7.51. The molecule has 0 aromatic heterocycles. The first kappa shape index (κ1) is 11.4. The standard InChI is InChI=1S/C9H10ClF2NO/c1-14-13-8(9(11)12)6-2-4-7(10)5-3-6/h2-5,8-9,13H,1H3. The van der Waals surface area contributed by atoms with Crippen molar-refractivity contribution in [2.24, 2.45) is 0 Å². The van der Waals surface area contributed by atoms with Gasteiger partial charge in [0.1, 0.15) is 6.04 Å². The number of benzene rings is 1. The van der Waals surface area contributed by atoms with E-state index in [9.17, 15) is 8.78 Å². The summed E-state index contributed by atoms with van der Waals surface area (Å²) >= 11 is 5.63. The van der Waals surface area contributed by atoms with Gasteiger partial charge in [-0.15, -0.1) is 0 Å². The second-order valence-electron chi connectivity index (χ2n) is 2.69. The van der Waals surface area contributed by atoms with Crippen LogP contribution in [0.4, 0.5) is 8.78 Å². The lowest BCUT2D eigenvalue weighted by Gasteiger charge is -2.16. The van der Waals surface area contributed by atoms with Crippen molar-refractivity contribution in [1.29, 1.82) is 0 Å². The highest BCUT2D eigenvalue weighted by atomic mass is 35.5. The third kappa shape index (κ3) is 2.90. The van der Waals surface area contributed by atoms with E-state index in [1.807, 2.05) is 0 Å². The molecule has 0 heterocycles. The average molecular weight is 222 g/mol. The molecule has 78 valence electrons. The van der Waals surface area contributed by atoms with Gasteiger partial charge in [0.25, 0.3) is 6.43 Å². The predicted molar refractivity (Wildman–Crippen MR) is 50.3 cm³/mol. The first-order chi connectivity index (χ1) is 6.65. The summed E-state index contributed by atoms with van der Waals surface area (Å²) in [5.41, 5.74) is 2.66. The number of hydroxylamine groups is 1. The van der Waals surface area contributed by atoms with Crippen molar-refractivity contribution in [2.75, 3.05) is 7.11 Å². The number of hydrogen-bond donors (Lipinski definition) is 1. The number of nitrogens with one attached hydrogen (secondary N) is 1. The van der Waals surface area contributed by atoms with Crippen LogP contribution in [0.1, 0.15) is 11.6 Å². The minimum atomic E-state index is -2.53. The lowest BCUT2D eigenvalue weighted by molar-refractivity contribution is -0.00928. The summed E-state index contributed by atoms with van der Waals surface area (Å²) in [6.07, 6.45) is -2.53. The molecule has 0 saturated carbocycles. The van der Waals surface area contributed by atoms with Gasteiger partial charge < -0.3 is 4.84 Å². The Hall–Kier alpha value is -0.710. The molecule has 2 nitrogen and oxygen atoms in total. The van der Waals surface area contributed by atoms with Crippen molar-refractivity contribution < 1.29 is 13.6 Å². The van der Waals surface area contributed by atoms with Crippen molar-refractivity contribution >= 4 is 11.6 Å². The van der Waals surface area contributed by atoms with Crippen LogP contribution in [0.5, 0.6) is 0 Å². The van der Waals surface area contributed by atoms with Gasteiger partial charge in [0.2, 0.25) is 0 Å². The van der Waals surface area contributed by atoms with Crippen LogP contribution < -0.4 is 5.48 Å². The number of alkyl halides is 2. The molecule has 0 aliphatic rings. The molecule has 0 fully saturated rings. The Morgan fingerprint density at radius 1 is 1.29 bits per heavy atom. The van der Waals surface area contributed by atoms with Gasteiger partial charge in [-0.2, -0.15) is 5.48 Å². The summed E-state index contributed by atoms with van der Waals surface area (Å²) in [7, 11) is 1.30. The molecule has 1 aromatic rings. The molecular formula is C9H10ClF2NO. The van der Waals surface area contributed by atoms with Crippen LogP contribution in [0.15, 0.2) is 24.3 Å². The molecular weight excluding hydrogens is 212 g/mol. The maximum Gasteiger partial charge on any atom is 0.260 e. The quantitative estimate of drug-likeness (QED) is 0.790. The summed E-state index contributed by atoms with van der Waals surface area (Å²) in [5, 5.41) is 0.513. The van der Waals surface area contributed by atoms with Gasteiger partial charge in [0.05, 0.1) is 7.11 Å². The van der Waals surface area contributed by atoms with Crippen molar-refractivity contribution in [2.45, 2.75) is 12.5 Å². The predicted octanol–water partition coefficient (Wildman–Crippen LogP) is 2.80. The topological polar surface area (TPSA) is 21.3 Å². The third-order valence-electron chi connectivity index (χ3n) is 1.73. The fourth-order valence-electron chi connectivity index (χ4n) is 1.06. The third-order valence-corrected chi connectivity index (χ3v) is 1.98. The Balaban J connectivity index is 2.82. The van der Waals surface area contributed by atoms with Crippen LogP contribution in [-0.2, 0) is 4.84 Å². The molecule has 0 radical (unpaired) electrons. The SMILES string of the molecule is CONC(c1ccc(Cl)cc1)C(F)F. The molecule has 1 atom stereocenters. The van der Waals surface area contributed by atoms with Crippen LogP contribution in [-0.4, -0.2) is 13.5 Å². The van der Waals surface area contributed by atoms with Gasteiger partial charge in [0.15, 0.2) is 0 Å². The Morgan fingerprint density at radius 3 is 2.29 bits per heavy atom. The highest BCUT2D eigenvalue weighted by Crippen LogP contribution is 2.22. The van der Waals surface area contributed by atoms with E-state index in [-0.39, 0.29) is 0 Å². The molecule has 0 aliphatic heterocycles. The van der Waals surface area contributed by atoms with Crippen molar-refractivity contribution in [3.05, 3.63) is 34.9 Å². The largest absolute Gasteiger partial charge is 0.304 e. The minimum Gasteiger partial charge on any atom is -0.304 e. The maximum atomic E-state index is 12.5. The highest BCUT2D eigenvalue weighted by Gasteiger charge is 2.21. The van der Waals surface area contributed by atoms with E-state index >= 15 is 0 Å². The Kier molecular flexibility index (Phi) is 4.25. The average Bonchev–Trinajstić information content (AvgIpc) is 2.15. The van der Waals surface area contributed by atoms with Gasteiger partial charge >= 0.3 is 0 Å². The van der Waals surface area contributed by atoms with E-state index in [4.69, 9.17) is 11.6 Å². The van der Waals surface area contributed by atoms with Gasteiger partial charge in [-0.1, -0.05) is 23.7 Å². The summed E-state index contributed by atoms with van der Waals surface area (Å²) in [5.74, 6) is 0. The molecule has 1 unspecified atom stereocenters. The van der Waals surface area contributed by atoms with Gasteiger partial charge in [0, 0.05) is 5.02 Å². The molecule has 0 amide bonds. The summed E-state index contributed by atoms with van der Waals surface area (Å²) in [4.78, 5) is 4.49. The summed E-state index contributed by atoms with van der Waals surface area (Å²) < 4.78 is 25.0. The summed E-state index contributed by atoms with van der Waals surface area (Å²) in [6, 6.07) is 5.06. The maximum absolute atomic E-state index is 12.5. The van der Waals surface area contributed by atoms with Gasteiger partial charge in [-0.05, 0) is 17.7 Å². The van der Waals surface area contributed by atoms with Crippen molar-refractivity contribution in [1.82, 2.24) is 5.48 Å². The zero-order chi connectivity index (χ0) is 10.6. The molecule has 5 heteroatoms. The Morgan fingerprint density at radius 2 is 1.86 bits per heavy atom. The molecule has 1 aromatic carbocycles. The second-order valence-corrected chi connectivity index (χ2v) is 3.12. The van der Waals surface area contributed by atoms with Gasteiger partial charge in [-0.3, -0.25) is 0 Å². The molecule has 1 rings (SSSR count). The van der Waals surface area contributed by atoms with Gasteiger partial charge in [-0.25, -0.2) is 8.78 Å². The molecule has 1 N–H and O–H groups in total. The van der Waals surface area contributed by atoms with E-state index in [0.29, 0.717) is 10.6 Å². The van der Waals surface area contributed by atoms with E-state index in [2.05, 4.69) is 10.3 Å². The molecule has 0 spiro atoms. The van der Waals surface area contributed by atoms with Crippen LogP contribution in [0.3, 0.4) is 0 Å². The summed E-state index contributed by atoms with van der Waals surface area (Å²) in [6.45, 7) is 0. The second kappa shape index (κ2) is 5.24. The van der Waals surface area contributed by atoms with E-state index in [1.165, 1.54) is 19.2 Å². The fraction of sp³-hybridized carbons (Fsp3) is 0.333. The first-order valence-corrected chi connectivity index (χ1v) is 4.35. The smallest absolute Gasteiger partial charge is 0.260 e. The Bertz CT molecular complexity index is 279. The van der Waals surface area contributed by atoms with Crippen LogP contribution >= 0.6 is 11.6 Å². The highest BCUT2D eigenvalue weighted by molar-refractivity contribution is 6.30. The minimum absolute atomic E-state index is 0.436. The van der Waals surface area contributed by atoms with Crippen molar-refractivity contribution in [3.63, 3.8) is 0 Å².